The molecule has 0 saturated carbocycles. The first-order valence-corrected chi connectivity index (χ1v) is 5.30. The van der Waals surface area contributed by atoms with Crippen LogP contribution in [0.2, 0.25) is 0 Å². The van der Waals surface area contributed by atoms with Crippen molar-refractivity contribution in [1.82, 2.24) is 0 Å². The third kappa shape index (κ3) is 6.61. The molecule has 0 aliphatic heterocycles. The zero-order valence-electron chi connectivity index (χ0n) is 9.73. The maximum absolute atomic E-state index is 10.5. The van der Waals surface area contributed by atoms with Crippen LogP contribution in [0.5, 0.6) is 0 Å². The molecule has 1 N–H and O–H groups in total. The third-order valence-corrected chi connectivity index (χ3v) is 1.97. The first-order chi connectivity index (χ1) is 7.61. The molecule has 3 heteroatoms. The van der Waals surface area contributed by atoms with Crippen LogP contribution in [0.15, 0.2) is 35.5 Å². The Labute approximate surface area is 96.4 Å². The molecule has 0 unspecified atom stereocenters. The van der Waals surface area contributed by atoms with Gasteiger partial charge in [0.05, 0.1) is 0 Å². The van der Waals surface area contributed by atoms with Gasteiger partial charge in [-0.3, -0.25) is 0 Å². The largest absolute Gasteiger partial charge is 0.477 e. The van der Waals surface area contributed by atoms with E-state index in [1.54, 1.807) is 12.1 Å². The molecule has 3 nitrogen and oxygen atoms in total. The van der Waals surface area contributed by atoms with Gasteiger partial charge < -0.3 is 5.11 Å². The SMILES string of the molecule is CCCC/C=C/C(C)=C/C=C(\C#N)C(=O)O. The van der Waals surface area contributed by atoms with E-state index in [0.717, 1.165) is 24.8 Å². The highest BCUT2D eigenvalue weighted by molar-refractivity contribution is 5.91. The summed E-state index contributed by atoms with van der Waals surface area (Å²) in [4.78, 5) is 10.5. The van der Waals surface area contributed by atoms with Gasteiger partial charge in [0.15, 0.2) is 0 Å². The number of carboxylic acid groups (broad SMARTS) is 1. The summed E-state index contributed by atoms with van der Waals surface area (Å²) in [6.07, 6.45) is 10.3. The summed E-state index contributed by atoms with van der Waals surface area (Å²) in [7, 11) is 0. The van der Waals surface area contributed by atoms with Gasteiger partial charge in [-0.15, -0.1) is 0 Å². The Kier molecular flexibility index (Phi) is 7.52. The van der Waals surface area contributed by atoms with Gasteiger partial charge in [0.25, 0.3) is 0 Å². The van der Waals surface area contributed by atoms with E-state index in [-0.39, 0.29) is 5.57 Å². The summed E-state index contributed by atoms with van der Waals surface area (Å²) in [5.74, 6) is -1.19. The van der Waals surface area contributed by atoms with Crippen LogP contribution in [0, 0.1) is 11.3 Å². The fourth-order valence-corrected chi connectivity index (χ4v) is 1.02. The predicted molar refractivity (Wildman–Crippen MR) is 63.8 cm³/mol. The van der Waals surface area contributed by atoms with E-state index in [1.165, 1.54) is 6.08 Å². The maximum Gasteiger partial charge on any atom is 0.346 e. The molecule has 0 fully saturated rings. The molecule has 0 spiro atoms. The molecule has 0 bridgehead atoms. The molecule has 0 heterocycles. The topological polar surface area (TPSA) is 61.1 Å². The number of carboxylic acids is 1. The highest BCUT2D eigenvalue weighted by atomic mass is 16.4. The summed E-state index contributed by atoms with van der Waals surface area (Å²) in [6.45, 7) is 4.00. The highest BCUT2D eigenvalue weighted by Crippen LogP contribution is 2.02. The maximum atomic E-state index is 10.5. The van der Waals surface area contributed by atoms with E-state index in [2.05, 4.69) is 13.0 Å². The molecule has 0 aliphatic rings. The highest BCUT2D eigenvalue weighted by Gasteiger charge is 2.02. The van der Waals surface area contributed by atoms with Crippen molar-refractivity contribution >= 4 is 5.97 Å². The standard InChI is InChI=1S/C13H17NO2/c1-3-4-5-6-7-11(2)8-9-12(10-14)13(15)16/h6-9H,3-5H2,1-2H3,(H,15,16)/b7-6+,11-8+,12-9+. The van der Waals surface area contributed by atoms with Crippen LogP contribution in [0.25, 0.3) is 0 Å². The summed E-state index contributed by atoms with van der Waals surface area (Å²) >= 11 is 0. The lowest BCUT2D eigenvalue weighted by Crippen LogP contribution is -1.96. The predicted octanol–water partition coefficient (Wildman–Crippen LogP) is 3.21. The first kappa shape index (κ1) is 14.2. The van der Waals surface area contributed by atoms with E-state index in [1.807, 2.05) is 13.0 Å². The number of hydrogen-bond acceptors (Lipinski definition) is 2. The van der Waals surface area contributed by atoms with Gasteiger partial charge in [0.2, 0.25) is 0 Å². The number of nitrogens with zero attached hydrogens (tertiary/aromatic N) is 1. The molecule has 0 radical (unpaired) electrons. The molecule has 0 amide bonds. The number of hydrogen-bond donors (Lipinski definition) is 1. The van der Waals surface area contributed by atoms with E-state index in [0.29, 0.717) is 0 Å². The second-order valence-corrected chi connectivity index (χ2v) is 3.45. The van der Waals surface area contributed by atoms with Gasteiger partial charge >= 0.3 is 5.97 Å². The molecule has 0 aromatic rings. The molecule has 86 valence electrons. The normalized spacial score (nSPS) is 12.8. The number of rotatable bonds is 6. The molecule has 0 rings (SSSR count). The van der Waals surface area contributed by atoms with Crippen molar-refractivity contribution in [3.8, 4) is 6.07 Å². The summed E-state index contributed by atoms with van der Waals surface area (Å²) in [5.41, 5.74) is 0.686. The Morgan fingerprint density at radius 3 is 2.62 bits per heavy atom. The average molecular weight is 219 g/mol. The van der Waals surface area contributed by atoms with Crippen molar-refractivity contribution in [3.05, 3.63) is 35.5 Å². The Balaban J connectivity index is 4.38. The minimum absolute atomic E-state index is 0.249. The fourth-order valence-electron chi connectivity index (χ4n) is 1.02. The van der Waals surface area contributed by atoms with Gasteiger partial charge in [-0.2, -0.15) is 5.26 Å². The summed E-state index contributed by atoms with van der Waals surface area (Å²) in [6, 6.07) is 1.63. The molecule has 0 saturated heterocycles. The average Bonchev–Trinajstić information content (AvgIpc) is 2.25. The zero-order valence-corrected chi connectivity index (χ0v) is 9.73. The van der Waals surface area contributed by atoms with Crippen molar-refractivity contribution in [2.45, 2.75) is 33.1 Å². The molecule has 0 aliphatic carbocycles. The lowest BCUT2D eigenvalue weighted by molar-refractivity contribution is -0.132. The lowest BCUT2D eigenvalue weighted by Gasteiger charge is -1.91. The van der Waals surface area contributed by atoms with Crippen LogP contribution < -0.4 is 0 Å². The minimum atomic E-state index is -1.19. The summed E-state index contributed by atoms with van der Waals surface area (Å²) in [5, 5.41) is 17.1. The van der Waals surface area contributed by atoms with Crippen molar-refractivity contribution in [1.29, 1.82) is 5.26 Å². The molecular formula is C13H17NO2. The number of unbranched alkanes of at least 4 members (excludes halogenated alkanes) is 2. The van der Waals surface area contributed by atoms with E-state index >= 15 is 0 Å². The van der Waals surface area contributed by atoms with Gasteiger partial charge in [-0.05, 0) is 19.4 Å². The number of nitriles is 1. The van der Waals surface area contributed by atoms with Crippen LogP contribution in [0.3, 0.4) is 0 Å². The van der Waals surface area contributed by atoms with Crippen molar-refractivity contribution in [3.63, 3.8) is 0 Å². The van der Waals surface area contributed by atoms with Gasteiger partial charge in [-0.1, -0.05) is 43.6 Å². The van der Waals surface area contributed by atoms with Gasteiger partial charge in [0.1, 0.15) is 11.6 Å². The summed E-state index contributed by atoms with van der Waals surface area (Å²) < 4.78 is 0. The number of carbonyl (C=O) groups is 1. The lowest BCUT2D eigenvalue weighted by atomic mass is 10.2. The molecular weight excluding hydrogens is 202 g/mol. The van der Waals surface area contributed by atoms with E-state index < -0.39 is 5.97 Å². The van der Waals surface area contributed by atoms with Crippen LogP contribution in [-0.2, 0) is 4.79 Å². The van der Waals surface area contributed by atoms with Crippen molar-refractivity contribution < 1.29 is 9.90 Å². The Bertz CT molecular complexity index is 357. The smallest absolute Gasteiger partial charge is 0.346 e. The zero-order chi connectivity index (χ0) is 12.4. The Hall–Kier alpha value is -1.82. The molecule has 0 aromatic carbocycles. The van der Waals surface area contributed by atoms with Gasteiger partial charge in [-0.25, -0.2) is 4.79 Å². The third-order valence-electron chi connectivity index (χ3n) is 1.97. The van der Waals surface area contributed by atoms with Crippen LogP contribution >= 0.6 is 0 Å². The number of allylic oxidation sites excluding steroid dienone is 5. The Morgan fingerprint density at radius 2 is 2.12 bits per heavy atom. The van der Waals surface area contributed by atoms with Crippen molar-refractivity contribution in [2.75, 3.05) is 0 Å². The van der Waals surface area contributed by atoms with E-state index in [4.69, 9.17) is 10.4 Å². The fraction of sp³-hybridized carbons (Fsp3) is 0.385. The molecule has 0 aromatic heterocycles. The first-order valence-electron chi connectivity index (χ1n) is 5.30. The second kappa shape index (κ2) is 8.49. The van der Waals surface area contributed by atoms with Crippen LogP contribution in [0.4, 0.5) is 0 Å². The van der Waals surface area contributed by atoms with E-state index in [9.17, 15) is 4.79 Å². The monoisotopic (exact) mass is 219 g/mol. The van der Waals surface area contributed by atoms with Gasteiger partial charge in [0, 0.05) is 0 Å². The number of aliphatic carboxylic acids is 1. The molecule has 16 heavy (non-hydrogen) atoms. The van der Waals surface area contributed by atoms with Crippen molar-refractivity contribution in [2.24, 2.45) is 0 Å². The second-order valence-electron chi connectivity index (χ2n) is 3.45. The van der Waals surface area contributed by atoms with Crippen LogP contribution in [-0.4, -0.2) is 11.1 Å². The Morgan fingerprint density at radius 1 is 1.44 bits per heavy atom. The minimum Gasteiger partial charge on any atom is -0.477 e. The molecule has 0 atom stereocenters. The quantitative estimate of drug-likeness (QED) is 0.323. The van der Waals surface area contributed by atoms with Crippen LogP contribution in [0.1, 0.15) is 33.1 Å².